The van der Waals surface area contributed by atoms with Gasteiger partial charge in [0.25, 0.3) is 0 Å². The van der Waals surface area contributed by atoms with Gasteiger partial charge in [-0.2, -0.15) is 0 Å². The highest BCUT2D eigenvalue weighted by molar-refractivity contribution is 5.89. The summed E-state index contributed by atoms with van der Waals surface area (Å²) in [4.78, 5) is 40.9. The molecule has 0 aliphatic heterocycles. The fourth-order valence-corrected chi connectivity index (χ4v) is 0.795. The second-order valence-corrected chi connectivity index (χ2v) is 3.45. The molecule has 0 bridgehead atoms. The maximum atomic E-state index is 10.9. The second-order valence-electron chi connectivity index (χ2n) is 3.45. The molecule has 0 aromatic carbocycles. The predicted octanol–water partition coefficient (Wildman–Crippen LogP) is 0.937. The third-order valence-corrected chi connectivity index (χ3v) is 1.63. The van der Waals surface area contributed by atoms with Gasteiger partial charge in [0.15, 0.2) is 0 Å². The first-order valence-corrected chi connectivity index (χ1v) is 6.00. The Morgan fingerprint density at radius 2 is 1.09 bits per heavy atom. The number of ether oxygens (including phenoxy) is 2. The third-order valence-electron chi connectivity index (χ3n) is 1.63. The zero-order valence-corrected chi connectivity index (χ0v) is 11.9. The second kappa shape index (κ2) is 14.5. The van der Waals surface area contributed by atoms with Crippen molar-refractivity contribution in [1.82, 2.24) is 0 Å². The van der Waals surface area contributed by atoms with Crippen molar-refractivity contribution < 1.29 is 38.9 Å². The topological polar surface area (TPSA) is 127 Å². The van der Waals surface area contributed by atoms with Crippen LogP contribution in [0, 0.1) is 0 Å². The summed E-state index contributed by atoms with van der Waals surface area (Å²) >= 11 is 0. The summed E-state index contributed by atoms with van der Waals surface area (Å²) in [7, 11) is 0. The Morgan fingerprint density at radius 3 is 1.32 bits per heavy atom. The molecule has 0 aromatic heterocycles. The van der Waals surface area contributed by atoms with Gasteiger partial charge in [-0.25, -0.2) is 9.59 Å². The highest BCUT2D eigenvalue weighted by Crippen LogP contribution is 1.96. The van der Waals surface area contributed by atoms with Gasteiger partial charge < -0.3 is 19.7 Å². The van der Waals surface area contributed by atoms with E-state index in [0.717, 1.165) is 0 Å². The number of aliphatic carboxylic acids is 2. The molecular weight excluding hydrogens is 296 g/mol. The first kappa shape index (κ1) is 21.4. The van der Waals surface area contributed by atoms with Gasteiger partial charge in [0.05, 0.1) is 12.8 Å². The summed E-state index contributed by atoms with van der Waals surface area (Å²) in [5.41, 5.74) is 0. The van der Waals surface area contributed by atoms with Crippen molar-refractivity contribution in [2.75, 3.05) is 13.2 Å². The summed E-state index contributed by atoms with van der Waals surface area (Å²) < 4.78 is 9.32. The molecular formula is C14H18O8. The highest BCUT2D eigenvalue weighted by Gasteiger charge is 2.07. The summed E-state index contributed by atoms with van der Waals surface area (Å²) in [5, 5.41) is 15.6. The normalized spacial score (nSPS) is 9.09. The highest BCUT2D eigenvalue weighted by atomic mass is 16.5. The first-order chi connectivity index (χ1) is 10.3. The van der Waals surface area contributed by atoms with E-state index in [2.05, 4.69) is 22.6 Å². The molecule has 8 heteroatoms. The number of carbonyl (C=O) groups is 4. The molecule has 2 N–H and O–H groups in total. The number of carboxylic acids is 2. The Labute approximate surface area is 127 Å². The van der Waals surface area contributed by atoms with Crippen LogP contribution in [0.4, 0.5) is 0 Å². The van der Waals surface area contributed by atoms with Crippen molar-refractivity contribution in [3.63, 3.8) is 0 Å². The molecule has 0 radical (unpaired) electrons. The van der Waals surface area contributed by atoms with Crippen molar-refractivity contribution in [2.45, 2.75) is 12.8 Å². The molecule has 122 valence electrons. The lowest BCUT2D eigenvalue weighted by Gasteiger charge is -2.02. The lowest BCUT2D eigenvalue weighted by atomic mass is 10.3. The average Bonchev–Trinajstić information content (AvgIpc) is 2.47. The van der Waals surface area contributed by atoms with Crippen LogP contribution < -0.4 is 0 Å². The van der Waals surface area contributed by atoms with Crippen molar-refractivity contribution in [3.8, 4) is 0 Å². The molecule has 0 saturated carbocycles. The molecule has 0 aromatic rings. The van der Waals surface area contributed by atoms with E-state index in [-0.39, 0.29) is 26.1 Å². The smallest absolute Gasteiger partial charge is 0.328 e. The zero-order valence-electron chi connectivity index (χ0n) is 11.9. The van der Waals surface area contributed by atoms with E-state index >= 15 is 0 Å². The molecule has 0 aliphatic rings. The fourth-order valence-electron chi connectivity index (χ4n) is 0.795. The first-order valence-electron chi connectivity index (χ1n) is 6.00. The van der Waals surface area contributed by atoms with E-state index in [1.165, 1.54) is 12.2 Å². The number of esters is 2. The van der Waals surface area contributed by atoms with Crippen LogP contribution in [0.15, 0.2) is 37.5 Å². The van der Waals surface area contributed by atoms with Gasteiger partial charge in [-0.1, -0.05) is 25.3 Å². The molecule has 0 fully saturated rings. The Balaban J connectivity index is 0. The van der Waals surface area contributed by atoms with Crippen molar-refractivity contribution in [2.24, 2.45) is 0 Å². The SMILES string of the molecule is C=CCOC(=O)CCC(=O)OCC=C.O=C(O)/C=C\C(=O)O. The van der Waals surface area contributed by atoms with Gasteiger partial charge >= 0.3 is 23.9 Å². The Morgan fingerprint density at radius 1 is 0.773 bits per heavy atom. The van der Waals surface area contributed by atoms with Crippen LogP contribution in [0.2, 0.25) is 0 Å². The Kier molecular flexibility index (Phi) is 14.1. The summed E-state index contributed by atoms with van der Waals surface area (Å²) in [5.74, 6) is -3.37. The minimum atomic E-state index is -1.26. The van der Waals surface area contributed by atoms with Gasteiger partial charge in [-0.3, -0.25) is 9.59 Å². The van der Waals surface area contributed by atoms with E-state index in [1.54, 1.807) is 0 Å². The van der Waals surface area contributed by atoms with Crippen molar-refractivity contribution in [1.29, 1.82) is 0 Å². The van der Waals surface area contributed by atoms with Gasteiger partial charge in [0, 0.05) is 12.2 Å². The van der Waals surface area contributed by atoms with Crippen LogP contribution >= 0.6 is 0 Å². The molecule has 0 spiro atoms. The van der Waals surface area contributed by atoms with Gasteiger partial charge in [-0.15, -0.1) is 0 Å². The number of carboxylic acid groups (broad SMARTS) is 2. The minimum Gasteiger partial charge on any atom is -0.478 e. The van der Waals surface area contributed by atoms with Crippen LogP contribution in [-0.2, 0) is 28.7 Å². The molecule has 0 heterocycles. The lowest BCUT2D eigenvalue weighted by molar-refractivity contribution is -0.149. The number of hydrogen-bond donors (Lipinski definition) is 2. The molecule has 0 saturated heterocycles. The number of carbonyl (C=O) groups excluding carboxylic acids is 2. The van der Waals surface area contributed by atoms with Crippen LogP contribution in [-0.4, -0.2) is 47.3 Å². The van der Waals surface area contributed by atoms with Crippen LogP contribution in [0.3, 0.4) is 0 Å². The summed E-state index contributed by atoms with van der Waals surface area (Å²) in [6.07, 6.45) is 4.11. The lowest BCUT2D eigenvalue weighted by Crippen LogP contribution is -2.10. The maximum Gasteiger partial charge on any atom is 0.328 e. The van der Waals surface area contributed by atoms with E-state index in [1.807, 2.05) is 0 Å². The molecule has 8 nitrogen and oxygen atoms in total. The standard InChI is InChI=1S/C10H14O4.C4H4O4/c1-3-7-13-9(11)5-6-10(12)14-8-4-2;5-3(6)1-2-4(7)8/h3-4H,1-2,5-8H2;1-2H,(H,5,6)(H,7,8)/b;2-1-. The minimum absolute atomic E-state index is 0.0316. The molecule has 0 unspecified atom stereocenters. The number of rotatable bonds is 9. The molecule has 0 rings (SSSR count). The summed E-state index contributed by atoms with van der Waals surface area (Å²) in [6, 6.07) is 0. The van der Waals surface area contributed by atoms with Gasteiger partial charge in [0.1, 0.15) is 13.2 Å². The van der Waals surface area contributed by atoms with Crippen LogP contribution in [0.1, 0.15) is 12.8 Å². The average molecular weight is 314 g/mol. The van der Waals surface area contributed by atoms with Gasteiger partial charge in [-0.05, 0) is 0 Å². The van der Waals surface area contributed by atoms with Crippen LogP contribution in [0.25, 0.3) is 0 Å². The molecule has 0 amide bonds. The van der Waals surface area contributed by atoms with Crippen molar-refractivity contribution >= 4 is 23.9 Å². The van der Waals surface area contributed by atoms with E-state index in [0.29, 0.717) is 12.2 Å². The fraction of sp³-hybridized carbons (Fsp3) is 0.286. The maximum absolute atomic E-state index is 10.9. The van der Waals surface area contributed by atoms with E-state index in [4.69, 9.17) is 10.2 Å². The van der Waals surface area contributed by atoms with E-state index < -0.39 is 23.9 Å². The van der Waals surface area contributed by atoms with E-state index in [9.17, 15) is 19.2 Å². The Hall–Kier alpha value is -2.90. The largest absolute Gasteiger partial charge is 0.478 e. The van der Waals surface area contributed by atoms with Crippen molar-refractivity contribution in [3.05, 3.63) is 37.5 Å². The third kappa shape index (κ3) is 19.4. The zero-order chi connectivity index (χ0) is 17.4. The Bertz CT molecular complexity index is 396. The summed E-state index contributed by atoms with van der Waals surface area (Å²) in [6.45, 7) is 7.11. The molecule has 0 atom stereocenters. The number of hydrogen-bond acceptors (Lipinski definition) is 6. The molecule has 22 heavy (non-hydrogen) atoms. The predicted molar refractivity (Wildman–Crippen MR) is 76.0 cm³/mol. The van der Waals surface area contributed by atoms with Gasteiger partial charge in [0.2, 0.25) is 0 Å². The van der Waals surface area contributed by atoms with Crippen LogP contribution in [0.5, 0.6) is 0 Å². The molecule has 0 aliphatic carbocycles. The monoisotopic (exact) mass is 314 g/mol. The quantitative estimate of drug-likeness (QED) is 0.365.